The van der Waals surface area contributed by atoms with Crippen LogP contribution in [0.4, 0.5) is 4.39 Å². The summed E-state index contributed by atoms with van der Waals surface area (Å²) in [4.78, 5) is 0. The quantitative estimate of drug-likeness (QED) is 0.708. The third-order valence-electron chi connectivity index (χ3n) is 4.06. The summed E-state index contributed by atoms with van der Waals surface area (Å²) in [5.74, 6) is -0.682. The highest BCUT2D eigenvalue weighted by atomic mass is 32.2. The highest BCUT2D eigenvalue weighted by Gasteiger charge is 2.16. The molecule has 0 bridgehead atoms. The van der Waals surface area contributed by atoms with Gasteiger partial charge in [0, 0.05) is 25.3 Å². The molecule has 0 aliphatic carbocycles. The van der Waals surface area contributed by atoms with E-state index in [1.807, 2.05) is 36.0 Å². The Bertz CT molecular complexity index is 981. The van der Waals surface area contributed by atoms with Crippen LogP contribution in [0.25, 0.3) is 10.9 Å². The van der Waals surface area contributed by atoms with Gasteiger partial charge in [-0.05, 0) is 46.8 Å². The number of benzene rings is 2. The van der Waals surface area contributed by atoms with Crippen molar-refractivity contribution in [1.82, 2.24) is 9.29 Å². The first-order valence-electron chi connectivity index (χ1n) is 7.79. The summed E-state index contributed by atoms with van der Waals surface area (Å²) in [6.07, 6.45) is 0.972. The Hall–Kier alpha value is -2.22. The summed E-state index contributed by atoms with van der Waals surface area (Å²) >= 11 is 0. The second-order valence-corrected chi connectivity index (χ2v) is 7.80. The second-order valence-electron chi connectivity index (χ2n) is 5.99. The van der Waals surface area contributed by atoms with E-state index >= 15 is 0 Å². The van der Waals surface area contributed by atoms with Gasteiger partial charge in [-0.25, -0.2) is 17.5 Å². The number of aromatic nitrogens is 1. The molecule has 0 aliphatic heterocycles. The number of nitrogens with zero attached hydrogens (tertiary/aromatic N) is 1. The molecule has 2 N–H and O–H groups in total. The lowest BCUT2D eigenvalue weighted by molar-refractivity contribution is 0.182. The SMILES string of the molecule is Cn1ccc2cc(C(O)CNS(=O)(=O)Cc3ccc(F)cc3)ccc21. The van der Waals surface area contributed by atoms with Gasteiger partial charge in [-0.1, -0.05) is 18.2 Å². The molecular formula is C18H19FN2O3S. The van der Waals surface area contributed by atoms with E-state index in [4.69, 9.17) is 0 Å². The molecule has 2 aromatic carbocycles. The van der Waals surface area contributed by atoms with Crippen molar-refractivity contribution in [2.24, 2.45) is 7.05 Å². The molecular weight excluding hydrogens is 343 g/mol. The van der Waals surface area contributed by atoms with Crippen molar-refractivity contribution in [2.45, 2.75) is 11.9 Å². The Morgan fingerprint density at radius 2 is 1.88 bits per heavy atom. The summed E-state index contributed by atoms with van der Waals surface area (Å²) in [5, 5.41) is 11.2. The van der Waals surface area contributed by atoms with Crippen molar-refractivity contribution < 1.29 is 17.9 Å². The average Bonchev–Trinajstić information content (AvgIpc) is 2.95. The van der Waals surface area contributed by atoms with Crippen molar-refractivity contribution >= 4 is 20.9 Å². The molecule has 132 valence electrons. The Morgan fingerprint density at radius 1 is 1.16 bits per heavy atom. The van der Waals surface area contributed by atoms with Crippen LogP contribution in [0.3, 0.4) is 0 Å². The average molecular weight is 362 g/mol. The Balaban J connectivity index is 1.65. The van der Waals surface area contributed by atoms with E-state index in [9.17, 15) is 17.9 Å². The first-order chi connectivity index (χ1) is 11.8. The topological polar surface area (TPSA) is 71.3 Å². The van der Waals surface area contributed by atoms with E-state index in [-0.39, 0.29) is 12.3 Å². The van der Waals surface area contributed by atoms with Gasteiger partial charge >= 0.3 is 0 Å². The van der Waals surface area contributed by atoms with Gasteiger partial charge in [-0.3, -0.25) is 0 Å². The van der Waals surface area contributed by atoms with Gasteiger partial charge in [0.2, 0.25) is 10.0 Å². The monoisotopic (exact) mass is 362 g/mol. The molecule has 0 aliphatic rings. The number of aliphatic hydroxyl groups excluding tert-OH is 1. The molecule has 0 amide bonds. The van der Waals surface area contributed by atoms with Crippen molar-refractivity contribution in [1.29, 1.82) is 0 Å². The number of hydrogen-bond acceptors (Lipinski definition) is 3. The number of nitrogens with one attached hydrogen (secondary N) is 1. The summed E-state index contributed by atoms with van der Waals surface area (Å²) in [6.45, 7) is -0.123. The van der Waals surface area contributed by atoms with Gasteiger partial charge in [0.15, 0.2) is 0 Å². The Labute approximate surface area is 145 Å². The lowest BCUT2D eigenvalue weighted by Crippen LogP contribution is -2.29. The first-order valence-corrected chi connectivity index (χ1v) is 9.44. The van der Waals surface area contributed by atoms with Crippen molar-refractivity contribution in [3.05, 3.63) is 71.7 Å². The molecule has 25 heavy (non-hydrogen) atoms. The molecule has 1 atom stereocenters. The van der Waals surface area contributed by atoms with Crippen molar-refractivity contribution in [2.75, 3.05) is 6.54 Å². The summed E-state index contributed by atoms with van der Waals surface area (Å²) in [6, 6.07) is 12.7. The highest BCUT2D eigenvalue weighted by Crippen LogP contribution is 2.21. The van der Waals surface area contributed by atoms with Gasteiger partial charge in [0.05, 0.1) is 11.9 Å². The zero-order valence-corrected chi connectivity index (χ0v) is 14.5. The highest BCUT2D eigenvalue weighted by molar-refractivity contribution is 7.88. The van der Waals surface area contributed by atoms with E-state index < -0.39 is 21.9 Å². The lowest BCUT2D eigenvalue weighted by atomic mass is 10.1. The van der Waals surface area contributed by atoms with Crippen LogP contribution in [0.2, 0.25) is 0 Å². The van der Waals surface area contributed by atoms with Crippen LogP contribution in [0.5, 0.6) is 0 Å². The van der Waals surface area contributed by atoms with Crippen LogP contribution in [-0.4, -0.2) is 24.6 Å². The van der Waals surface area contributed by atoms with E-state index in [2.05, 4.69) is 4.72 Å². The van der Waals surface area contributed by atoms with Crippen LogP contribution >= 0.6 is 0 Å². The van der Waals surface area contributed by atoms with Crippen LogP contribution in [0.1, 0.15) is 17.2 Å². The zero-order valence-electron chi connectivity index (χ0n) is 13.7. The standard InChI is InChI=1S/C18H19FN2O3S/c1-21-9-8-14-10-15(4-7-17(14)21)18(22)11-20-25(23,24)12-13-2-5-16(19)6-3-13/h2-10,18,20,22H,11-12H2,1H3. The summed E-state index contributed by atoms with van der Waals surface area (Å²) in [5.41, 5.74) is 2.16. The number of sulfonamides is 1. The molecule has 0 spiro atoms. The van der Waals surface area contributed by atoms with Gasteiger partial charge in [0.1, 0.15) is 5.82 Å². The molecule has 0 fully saturated rings. The fourth-order valence-electron chi connectivity index (χ4n) is 2.68. The zero-order chi connectivity index (χ0) is 18.0. The van der Waals surface area contributed by atoms with Gasteiger partial charge < -0.3 is 9.67 Å². The van der Waals surface area contributed by atoms with Crippen LogP contribution in [0.15, 0.2) is 54.7 Å². The van der Waals surface area contributed by atoms with E-state index in [0.29, 0.717) is 11.1 Å². The summed E-state index contributed by atoms with van der Waals surface area (Å²) < 4.78 is 41.5. The molecule has 0 saturated heterocycles. The third-order valence-corrected chi connectivity index (χ3v) is 5.38. The Kier molecular flexibility index (Phi) is 4.89. The largest absolute Gasteiger partial charge is 0.387 e. The second kappa shape index (κ2) is 6.95. The van der Waals surface area contributed by atoms with Crippen molar-refractivity contribution in [3.63, 3.8) is 0 Å². The molecule has 1 aromatic heterocycles. The van der Waals surface area contributed by atoms with Crippen molar-refractivity contribution in [3.8, 4) is 0 Å². The van der Waals surface area contributed by atoms with Crippen LogP contribution < -0.4 is 4.72 Å². The maximum atomic E-state index is 12.9. The van der Waals surface area contributed by atoms with Crippen LogP contribution in [0, 0.1) is 5.82 Å². The number of hydrogen-bond donors (Lipinski definition) is 2. The third kappa shape index (κ3) is 4.25. The number of rotatable bonds is 6. The molecule has 1 unspecified atom stereocenters. The van der Waals surface area contributed by atoms with Gasteiger partial charge in [0.25, 0.3) is 0 Å². The molecule has 7 heteroatoms. The minimum Gasteiger partial charge on any atom is -0.387 e. The number of halogens is 1. The number of aliphatic hydroxyl groups is 1. The smallest absolute Gasteiger partial charge is 0.215 e. The number of aryl methyl sites for hydroxylation is 1. The van der Waals surface area contributed by atoms with E-state index in [1.54, 1.807) is 6.07 Å². The predicted octanol–water partition coefficient (Wildman–Crippen LogP) is 2.47. The first kappa shape index (κ1) is 17.6. The lowest BCUT2D eigenvalue weighted by Gasteiger charge is -2.13. The molecule has 1 heterocycles. The van der Waals surface area contributed by atoms with Gasteiger partial charge in [-0.15, -0.1) is 0 Å². The molecule has 0 radical (unpaired) electrons. The predicted molar refractivity (Wildman–Crippen MR) is 94.9 cm³/mol. The fraction of sp³-hybridized carbons (Fsp3) is 0.222. The minimum atomic E-state index is -3.63. The van der Waals surface area contributed by atoms with Gasteiger partial charge in [-0.2, -0.15) is 0 Å². The fourth-order valence-corrected chi connectivity index (χ4v) is 3.83. The molecule has 0 saturated carbocycles. The van der Waals surface area contributed by atoms with Crippen LogP contribution in [-0.2, 0) is 22.8 Å². The van der Waals surface area contributed by atoms with E-state index in [0.717, 1.165) is 10.9 Å². The van der Waals surface area contributed by atoms with E-state index in [1.165, 1.54) is 24.3 Å². The molecule has 5 nitrogen and oxygen atoms in total. The maximum Gasteiger partial charge on any atom is 0.215 e. The minimum absolute atomic E-state index is 0.123. The molecule has 3 rings (SSSR count). The normalized spacial score (nSPS) is 13.2. The number of fused-ring (bicyclic) bond motifs is 1. The maximum absolute atomic E-state index is 12.9. The Morgan fingerprint density at radius 3 is 2.60 bits per heavy atom. The molecule has 3 aromatic rings. The summed E-state index contributed by atoms with van der Waals surface area (Å²) in [7, 11) is -1.69.